The molecule has 18 heavy (non-hydrogen) atoms. The number of halogens is 4. The number of benzene rings is 1. The number of anilines is 1. The molecule has 0 spiro atoms. The van der Waals surface area contributed by atoms with Gasteiger partial charge in [-0.2, -0.15) is 13.2 Å². The number of hydrogen-bond donors (Lipinski definition) is 1. The second-order valence-electron chi connectivity index (χ2n) is 3.47. The first-order valence-electron chi connectivity index (χ1n) is 5.04. The van der Waals surface area contributed by atoms with Gasteiger partial charge in [0, 0.05) is 19.9 Å². The fourth-order valence-electron chi connectivity index (χ4n) is 1.32. The molecule has 1 aromatic rings. The second kappa shape index (κ2) is 6.26. The summed E-state index contributed by atoms with van der Waals surface area (Å²) in [7, 11) is 2.89. The van der Waals surface area contributed by atoms with Crippen molar-refractivity contribution in [3.8, 4) is 0 Å². The first-order chi connectivity index (χ1) is 8.38. The lowest BCUT2D eigenvalue weighted by molar-refractivity contribution is -0.137. The van der Waals surface area contributed by atoms with Crippen molar-refractivity contribution in [3.05, 3.63) is 28.8 Å². The minimum atomic E-state index is -4.48. The fraction of sp³-hybridized carbons (Fsp3) is 0.455. The topological polar surface area (TPSA) is 30.5 Å². The van der Waals surface area contributed by atoms with Crippen molar-refractivity contribution in [1.82, 2.24) is 0 Å². The van der Waals surface area contributed by atoms with E-state index in [-0.39, 0.29) is 11.6 Å². The van der Waals surface area contributed by atoms with Crippen LogP contribution in [0.1, 0.15) is 5.56 Å². The van der Waals surface area contributed by atoms with Crippen molar-refractivity contribution in [2.24, 2.45) is 0 Å². The molecule has 0 saturated carbocycles. The minimum Gasteiger partial charge on any atom is -0.380 e. The van der Waals surface area contributed by atoms with Gasteiger partial charge in [0.05, 0.1) is 17.1 Å². The summed E-state index contributed by atoms with van der Waals surface area (Å²) in [4.78, 5) is 0. The molecule has 0 radical (unpaired) electrons. The van der Waals surface area contributed by atoms with Gasteiger partial charge in [0.2, 0.25) is 0 Å². The normalized spacial score (nSPS) is 11.9. The van der Waals surface area contributed by atoms with Crippen LogP contribution in [0.15, 0.2) is 18.2 Å². The van der Waals surface area contributed by atoms with E-state index in [1.165, 1.54) is 26.4 Å². The Morgan fingerprint density at radius 2 is 1.89 bits per heavy atom. The van der Waals surface area contributed by atoms with Gasteiger partial charge in [-0.3, -0.25) is 0 Å². The molecule has 0 amide bonds. The lowest BCUT2D eigenvalue weighted by Gasteiger charge is -2.16. The van der Waals surface area contributed by atoms with Crippen molar-refractivity contribution in [2.75, 3.05) is 26.1 Å². The van der Waals surface area contributed by atoms with Crippen LogP contribution in [0, 0.1) is 0 Å². The van der Waals surface area contributed by atoms with Gasteiger partial charge in [0.15, 0.2) is 6.29 Å². The number of hydrogen-bond acceptors (Lipinski definition) is 3. The molecule has 0 heterocycles. The molecular formula is C11H13ClF3NO2. The molecule has 1 aromatic carbocycles. The lowest BCUT2D eigenvalue weighted by atomic mass is 10.2. The fourth-order valence-corrected chi connectivity index (χ4v) is 1.54. The molecule has 1 rings (SSSR count). The van der Waals surface area contributed by atoms with Crippen molar-refractivity contribution in [2.45, 2.75) is 12.5 Å². The molecule has 0 aliphatic heterocycles. The zero-order valence-corrected chi connectivity index (χ0v) is 10.6. The van der Waals surface area contributed by atoms with Crippen LogP contribution in [-0.4, -0.2) is 27.1 Å². The number of rotatable bonds is 5. The van der Waals surface area contributed by atoms with Gasteiger partial charge in [0.1, 0.15) is 0 Å². The summed E-state index contributed by atoms with van der Waals surface area (Å²) >= 11 is 5.50. The van der Waals surface area contributed by atoms with E-state index in [1.807, 2.05) is 0 Å². The summed E-state index contributed by atoms with van der Waals surface area (Å²) in [6, 6.07) is 3.60. The van der Waals surface area contributed by atoms with Crippen LogP contribution in [0.4, 0.5) is 18.9 Å². The van der Waals surface area contributed by atoms with E-state index < -0.39 is 18.0 Å². The van der Waals surface area contributed by atoms with Crippen molar-refractivity contribution in [3.63, 3.8) is 0 Å². The maximum absolute atomic E-state index is 12.6. The molecule has 7 heteroatoms. The smallest absolute Gasteiger partial charge is 0.380 e. The third-order valence-corrected chi connectivity index (χ3v) is 2.60. The highest BCUT2D eigenvalue weighted by Crippen LogP contribution is 2.36. The van der Waals surface area contributed by atoms with Crippen LogP contribution in [0.25, 0.3) is 0 Å². The lowest BCUT2D eigenvalue weighted by Crippen LogP contribution is -2.23. The monoisotopic (exact) mass is 283 g/mol. The number of alkyl halides is 3. The highest BCUT2D eigenvalue weighted by Gasteiger charge is 2.33. The van der Waals surface area contributed by atoms with Crippen LogP contribution in [0.2, 0.25) is 5.02 Å². The van der Waals surface area contributed by atoms with Gasteiger partial charge in [-0.15, -0.1) is 0 Å². The van der Waals surface area contributed by atoms with Crippen molar-refractivity contribution >= 4 is 17.3 Å². The van der Waals surface area contributed by atoms with Gasteiger partial charge < -0.3 is 14.8 Å². The standard InChI is InChI=1S/C11H13ClF3NO2/c1-17-10(18-2)6-16-7-3-4-9(12)8(5-7)11(13,14)15/h3-5,10,16H,6H2,1-2H3. The summed E-state index contributed by atoms with van der Waals surface area (Å²) in [5.74, 6) is 0. The van der Waals surface area contributed by atoms with Gasteiger partial charge in [-0.05, 0) is 18.2 Å². The summed E-state index contributed by atoms with van der Waals surface area (Å²) < 4.78 is 47.6. The third-order valence-electron chi connectivity index (χ3n) is 2.27. The SMILES string of the molecule is COC(CNc1ccc(Cl)c(C(F)(F)F)c1)OC. The Labute approximate surface area is 108 Å². The largest absolute Gasteiger partial charge is 0.417 e. The number of nitrogens with one attached hydrogen (secondary N) is 1. The predicted octanol–water partition coefficient (Wildman–Crippen LogP) is 3.39. The van der Waals surface area contributed by atoms with Crippen LogP contribution in [-0.2, 0) is 15.7 Å². The molecule has 3 nitrogen and oxygen atoms in total. The number of ether oxygens (including phenoxy) is 2. The highest BCUT2D eigenvalue weighted by molar-refractivity contribution is 6.31. The molecular weight excluding hydrogens is 271 g/mol. The summed E-state index contributed by atoms with van der Waals surface area (Å²) in [5, 5.41) is 2.45. The Kier molecular flexibility index (Phi) is 5.25. The third kappa shape index (κ3) is 4.04. The highest BCUT2D eigenvalue weighted by atomic mass is 35.5. The maximum atomic E-state index is 12.6. The summed E-state index contributed by atoms with van der Waals surface area (Å²) in [6.07, 6.45) is -5.01. The Balaban J connectivity index is 2.80. The molecule has 0 fully saturated rings. The van der Waals surface area contributed by atoms with E-state index in [0.717, 1.165) is 6.07 Å². The molecule has 0 aliphatic carbocycles. The Morgan fingerprint density at radius 1 is 1.28 bits per heavy atom. The zero-order valence-electron chi connectivity index (χ0n) is 9.84. The van der Waals surface area contributed by atoms with E-state index in [0.29, 0.717) is 5.69 Å². The Bertz CT molecular complexity index is 394. The van der Waals surface area contributed by atoms with Crippen molar-refractivity contribution < 1.29 is 22.6 Å². The van der Waals surface area contributed by atoms with Gasteiger partial charge in [-0.25, -0.2) is 0 Å². The van der Waals surface area contributed by atoms with Crippen LogP contribution in [0.3, 0.4) is 0 Å². The first kappa shape index (κ1) is 15.1. The van der Waals surface area contributed by atoms with Crippen LogP contribution in [0.5, 0.6) is 0 Å². The van der Waals surface area contributed by atoms with Crippen LogP contribution < -0.4 is 5.32 Å². The Hall–Kier alpha value is -0.980. The van der Waals surface area contributed by atoms with Gasteiger partial charge in [-0.1, -0.05) is 11.6 Å². The summed E-state index contributed by atoms with van der Waals surface area (Å²) in [6.45, 7) is 0.228. The molecule has 0 atom stereocenters. The van der Waals surface area contributed by atoms with Gasteiger partial charge in [0.25, 0.3) is 0 Å². The molecule has 0 saturated heterocycles. The average molecular weight is 284 g/mol. The van der Waals surface area contributed by atoms with E-state index in [1.54, 1.807) is 0 Å². The molecule has 0 aromatic heterocycles. The van der Waals surface area contributed by atoms with E-state index in [2.05, 4.69) is 5.32 Å². The van der Waals surface area contributed by atoms with E-state index in [9.17, 15) is 13.2 Å². The summed E-state index contributed by atoms with van der Waals surface area (Å²) in [5.41, 5.74) is -0.577. The van der Waals surface area contributed by atoms with E-state index in [4.69, 9.17) is 21.1 Å². The second-order valence-corrected chi connectivity index (χ2v) is 3.88. The first-order valence-corrected chi connectivity index (χ1v) is 5.42. The predicted molar refractivity (Wildman–Crippen MR) is 62.7 cm³/mol. The average Bonchev–Trinajstić information content (AvgIpc) is 2.31. The zero-order chi connectivity index (χ0) is 13.8. The van der Waals surface area contributed by atoms with Crippen molar-refractivity contribution in [1.29, 1.82) is 0 Å². The molecule has 0 unspecified atom stereocenters. The molecule has 0 aliphatic rings. The number of methoxy groups -OCH3 is 2. The quantitative estimate of drug-likeness (QED) is 0.840. The Morgan fingerprint density at radius 3 is 2.39 bits per heavy atom. The molecule has 102 valence electrons. The van der Waals surface area contributed by atoms with Gasteiger partial charge >= 0.3 is 6.18 Å². The molecule has 1 N–H and O–H groups in total. The van der Waals surface area contributed by atoms with Crippen LogP contribution >= 0.6 is 11.6 Å². The maximum Gasteiger partial charge on any atom is 0.417 e. The minimum absolute atomic E-state index is 0.228. The van der Waals surface area contributed by atoms with E-state index >= 15 is 0 Å². The molecule has 0 bridgehead atoms.